The van der Waals surface area contributed by atoms with Crippen molar-refractivity contribution < 1.29 is 9.18 Å². The minimum atomic E-state index is -0.214. The molecule has 1 nitrogen and oxygen atoms in total. The molecule has 0 unspecified atom stereocenters. The Kier molecular flexibility index (Phi) is 5.98. The SMILES string of the molecule is CC(C)=C(CCCC=O)Sc1ccc(F)cc1. The van der Waals surface area contributed by atoms with Crippen LogP contribution in [0.2, 0.25) is 0 Å². The van der Waals surface area contributed by atoms with E-state index < -0.39 is 0 Å². The number of unbranched alkanes of at least 4 members (excludes halogenated alkanes) is 1. The topological polar surface area (TPSA) is 17.1 Å². The number of carbonyl (C=O) groups is 1. The summed E-state index contributed by atoms with van der Waals surface area (Å²) in [5, 5.41) is 0. The molecule has 0 saturated heterocycles. The molecule has 0 fully saturated rings. The second-order valence-corrected chi connectivity index (χ2v) is 5.21. The normalized spacial score (nSPS) is 10.1. The fraction of sp³-hybridized carbons (Fsp3) is 0.357. The summed E-state index contributed by atoms with van der Waals surface area (Å²) in [5.41, 5.74) is 1.25. The van der Waals surface area contributed by atoms with Crippen LogP contribution in [0.1, 0.15) is 33.1 Å². The highest BCUT2D eigenvalue weighted by Gasteiger charge is 2.03. The molecule has 1 aromatic rings. The van der Waals surface area contributed by atoms with Gasteiger partial charge in [-0.1, -0.05) is 17.3 Å². The summed E-state index contributed by atoms with van der Waals surface area (Å²) in [6.07, 6.45) is 3.33. The lowest BCUT2D eigenvalue weighted by Gasteiger charge is -2.08. The molecule has 0 saturated carbocycles. The summed E-state index contributed by atoms with van der Waals surface area (Å²) >= 11 is 1.65. The number of allylic oxidation sites excluding steroid dienone is 2. The highest BCUT2D eigenvalue weighted by Crippen LogP contribution is 2.32. The second-order valence-electron chi connectivity index (χ2n) is 4.04. The summed E-state index contributed by atoms with van der Waals surface area (Å²) in [7, 11) is 0. The van der Waals surface area contributed by atoms with Crippen LogP contribution in [0.25, 0.3) is 0 Å². The Bertz CT molecular complexity index is 391. The van der Waals surface area contributed by atoms with Crippen molar-refractivity contribution in [1.29, 1.82) is 0 Å². The molecule has 1 aromatic carbocycles. The summed E-state index contributed by atoms with van der Waals surface area (Å²) in [6, 6.07) is 6.50. The molecule has 17 heavy (non-hydrogen) atoms. The Hall–Kier alpha value is -1.09. The van der Waals surface area contributed by atoms with E-state index in [2.05, 4.69) is 13.8 Å². The molecule has 0 radical (unpaired) electrons. The molecular formula is C14H17FOS. The Labute approximate surface area is 106 Å². The molecule has 0 heterocycles. The van der Waals surface area contributed by atoms with E-state index in [0.29, 0.717) is 6.42 Å². The van der Waals surface area contributed by atoms with Crippen molar-refractivity contribution in [3.05, 3.63) is 40.6 Å². The standard InChI is InChI=1S/C14H17FOS/c1-11(2)14(5-3-4-10-16)17-13-8-6-12(15)7-9-13/h6-10H,3-5H2,1-2H3. The lowest BCUT2D eigenvalue weighted by atomic mass is 10.2. The molecular weight excluding hydrogens is 235 g/mol. The van der Waals surface area contributed by atoms with Gasteiger partial charge in [-0.15, -0.1) is 0 Å². The first-order chi connectivity index (χ1) is 8.13. The summed E-state index contributed by atoms with van der Waals surface area (Å²) < 4.78 is 12.8. The molecule has 0 N–H and O–H groups in total. The predicted octanol–water partition coefficient (Wildman–Crippen LogP) is 4.58. The quantitative estimate of drug-likeness (QED) is 0.419. The van der Waals surface area contributed by atoms with Gasteiger partial charge in [-0.2, -0.15) is 0 Å². The van der Waals surface area contributed by atoms with Crippen molar-refractivity contribution in [3.8, 4) is 0 Å². The number of hydrogen-bond acceptors (Lipinski definition) is 2. The number of rotatable bonds is 6. The van der Waals surface area contributed by atoms with Crippen molar-refractivity contribution in [2.45, 2.75) is 38.0 Å². The van der Waals surface area contributed by atoms with Gasteiger partial charge in [0.2, 0.25) is 0 Å². The third-order valence-corrected chi connectivity index (χ3v) is 3.70. The molecule has 0 aliphatic heterocycles. The molecule has 0 atom stereocenters. The van der Waals surface area contributed by atoms with Gasteiger partial charge in [0.25, 0.3) is 0 Å². The Morgan fingerprint density at radius 2 is 1.94 bits per heavy atom. The van der Waals surface area contributed by atoms with Crippen molar-refractivity contribution >= 4 is 18.0 Å². The molecule has 0 aliphatic rings. The summed E-state index contributed by atoms with van der Waals surface area (Å²) in [6.45, 7) is 4.12. The molecule has 0 bridgehead atoms. The third kappa shape index (κ3) is 5.18. The third-order valence-electron chi connectivity index (χ3n) is 2.34. The van der Waals surface area contributed by atoms with E-state index in [1.807, 2.05) is 0 Å². The largest absolute Gasteiger partial charge is 0.303 e. The van der Waals surface area contributed by atoms with Gasteiger partial charge in [0.05, 0.1) is 0 Å². The average Bonchev–Trinajstić information content (AvgIpc) is 2.30. The maximum absolute atomic E-state index is 12.8. The predicted molar refractivity (Wildman–Crippen MR) is 70.5 cm³/mol. The highest BCUT2D eigenvalue weighted by molar-refractivity contribution is 8.03. The monoisotopic (exact) mass is 252 g/mol. The Morgan fingerprint density at radius 3 is 2.47 bits per heavy atom. The van der Waals surface area contributed by atoms with Crippen LogP contribution in [0.5, 0.6) is 0 Å². The minimum Gasteiger partial charge on any atom is -0.303 e. The molecule has 3 heteroatoms. The van der Waals surface area contributed by atoms with Gasteiger partial charge >= 0.3 is 0 Å². The molecule has 0 aromatic heterocycles. The van der Waals surface area contributed by atoms with Gasteiger partial charge in [0, 0.05) is 11.3 Å². The number of thioether (sulfide) groups is 1. The van der Waals surface area contributed by atoms with Gasteiger partial charge in [-0.05, 0) is 55.9 Å². The lowest BCUT2D eigenvalue weighted by Crippen LogP contribution is -1.85. The van der Waals surface area contributed by atoms with Gasteiger partial charge in [0.1, 0.15) is 12.1 Å². The molecule has 92 valence electrons. The number of halogens is 1. The van der Waals surface area contributed by atoms with Crippen LogP contribution in [-0.2, 0) is 4.79 Å². The number of benzene rings is 1. The Balaban J connectivity index is 2.64. The van der Waals surface area contributed by atoms with E-state index in [0.717, 1.165) is 24.0 Å². The summed E-state index contributed by atoms with van der Waals surface area (Å²) in [5.74, 6) is -0.214. The number of carbonyl (C=O) groups excluding carboxylic acids is 1. The Morgan fingerprint density at radius 1 is 1.29 bits per heavy atom. The van der Waals surface area contributed by atoms with Crippen LogP contribution in [0, 0.1) is 5.82 Å². The lowest BCUT2D eigenvalue weighted by molar-refractivity contribution is -0.107. The van der Waals surface area contributed by atoms with Gasteiger partial charge in [-0.3, -0.25) is 0 Å². The zero-order chi connectivity index (χ0) is 12.7. The summed E-state index contributed by atoms with van der Waals surface area (Å²) in [4.78, 5) is 12.6. The van der Waals surface area contributed by atoms with Crippen molar-refractivity contribution in [2.75, 3.05) is 0 Å². The molecule has 0 aliphatic carbocycles. The van der Waals surface area contributed by atoms with Gasteiger partial charge in [-0.25, -0.2) is 4.39 Å². The number of aldehydes is 1. The molecule has 0 amide bonds. The van der Waals surface area contributed by atoms with E-state index in [4.69, 9.17) is 0 Å². The maximum Gasteiger partial charge on any atom is 0.123 e. The van der Waals surface area contributed by atoms with E-state index in [1.54, 1.807) is 23.9 Å². The smallest absolute Gasteiger partial charge is 0.123 e. The van der Waals surface area contributed by atoms with Crippen LogP contribution in [0.4, 0.5) is 4.39 Å². The van der Waals surface area contributed by atoms with E-state index in [9.17, 15) is 9.18 Å². The van der Waals surface area contributed by atoms with Crippen LogP contribution in [0.15, 0.2) is 39.6 Å². The van der Waals surface area contributed by atoms with Crippen LogP contribution >= 0.6 is 11.8 Å². The first kappa shape index (κ1) is 14.0. The van der Waals surface area contributed by atoms with Gasteiger partial charge in [0.15, 0.2) is 0 Å². The maximum atomic E-state index is 12.8. The first-order valence-electron chi connectivity index (χ1n) is 5.67. The highest BCUT2D eigenvalue weighted by atomic mass is 32.2. The second kappa shape index (κ2) is 7.28. The van der Waals surface area contributed by atoms with E-state index in [-0.39, 0.29) is 5.82 Å². The van der Waals surface area contributed by atoms with Crippen molar-refractivity contribution in [1.82, 2.24) is 0 Å². The van der Waals surface area contributed by atoms with Crippen LogP contribution < -0.4 is 0 Å². The molecule has 0 spiro atoms. The zero-order valence-electron chi connectivity index (χ0n) is 10.2. The van der Waals surface area contributed by atoms with Crippen molar-refractivity contribution in [3.63, 3.8) is 0 Å². The fourth-order valence-electron chi connectivity index (χ4n) is 1.39. The fourth-order valence-corrected chi connectivity index (χ4v) is 2.40. The van der Waals surface area contributed by atoms with E-state index in [1.165, 1.54) is 22.6 Å². The van der Waals surface area contributed by atoms with Crippen LogP contribution in [-0.4, -0.2) is 6.29 Å². The van der Waals surface area contributed by atoms with Gasteiger partial charge < -0.3 is 4.79 Å². The van der Waals surface area contributed by atoms with E-state index >= 15 is 0 Å². The zero-order valence-corrected chi connectivity index (χ0v) is 11.0. The minimum absolute atomic E-state index is 0.214. The number of hydrogen-bond donors (Lipinski definition) is 0. The van der Waals surface area contributed by atoms with Crippen molar-refractivity contribution in [2.24, 2.45) is 0 Å². The first-order valence-corrected chi connectivity index (χ1v) is 6.48. The molecule has 1 rings (SSSR count). The average molecular weight is 252 g/mol. The van der Waals surface area contributed by atoms with Crippen LogP contribution in [0.3, 0.4) is 0 Å².